The summed E-state index contributed by atoms with van der Waals surface area (Å²) < 4.78 is 2.26. The summed E-state index contributed by atoms with van der Waals surface area (Å²) in [5.74, 6) is 3.82. The second-order valence-corrected chi connectivity index (χ2v) is 11.5. The highest BCUT2D eigenvalue weighted by molar-refractivity contribution is 5.86. The SMILES string of the molecule is CC1CCC(Cn2c(NC(C)c3cncnc3)nc3nc(C4NOC(=O)N4)nc(N[C@H](C)C4CCC4)c32)CC1. The van der Waals surface area contributed by atoms with E-state index in [0.717, 1.165) is 35.3 Å². The highest BCUT2D eigenvalue weighted by Crippen LogP contribution is 2.36. The molecule has 2 aliphatic carbocycles. The summed E-state index contributed by atoms with van der Waals surface area (Å²) in [7, 11) is 0. The molecule has 208 valence electrons. The van der Waals surface area contributed by atoms with E-state index in [0.29, 0.717) is 23.3 Å². The number of hydroxylamine groups is 1. The smallest absolute Gasteiger partial charge is 0.365 e. The third kappa shape index (κ3) is 5.47. The molecule has 0 spiro atoms. The summed E-state index contributed by atoms with van der Waals surface area (Å²) in [5, 5.41) is 10.0. The van der Waals surface area contributed by atoms with Gasteiger partial charge in [0.2, 0.25) is 5.95 Å². The third-order valence-electron chi connectivity index (χ3n) is 8.63. The molecule has 12 nitrogen and oxygen atoms in total. The van der Waals surface area contributed by atoms with Crippen LogP contribution in [0.2, 0.25) is 0 Å². The van der Waals surface area contributed by atoms with Gasteiger partial charge in [0, 0.05) is 30.5 Å². The summed E-state index contributed by atoms with van der Waals surface area (Å²) in [5.41, 5.74) is 5.11. The molecule has 2 saturated carbocycles. The van der Waals surface area contributed by atoms with Crippen LogP contribution in [-0.4, -0.2) is 41.6 Å². The number of nitrogens with zero attached hydrogens (tertiary/aromatic N) is 6. The highest BCUT2D eigenvalue weighted by Gasteiger charge is 2.31. The number of nitrogens with one attached hydrogen (secondary N) is 4. The van der Waals surface area contributed by atoms with E-state index in [1.807, 2.05) is 12.4 Å². The summed E-state index contributed by atoms with van der Waals surface area (Å²) in [4.78, 5) is 39.7. The summed E-state index contributed by atoms with van der Waals surface area (Å²) in [6.07, 6.45) is 12.5. The van der Waals surface area contributed by atoms with Crippen LogP contribution in [0.5, 0.6) is 0 Å². The lowest BCUT2D eigenvalue weighted by Crippen LogP contribution is -2.32. The van der Waals surface area contributed by atoms with Gasteiger partial charge in [0.15, 0.2) is 23.5 Å². The molecule has 1 saturated heterocycles. The molecule has 12 heteroatoms. The van der Waals surface area contributed by atoms with E-state index < -0.39 is 12.3 Å². The number of rotatable bonds is 9. The summed E-state index contributed by atoms with van der Waals surface area (Å²) in [6.45, 7) is 7.48. The van der Waals surface area contributed by atoms with Crippen molar-refractivity contribution in [2.45, 2.75) is 90.5 Å². The number of imidazole rings is 1. The first-order chi connectivity index (χ1) is 18.9. The number of aromatic nitrogens is 6. The van der Waals surface area contributed by atoms with Crippen molar-refractivity contribution < 1.29 is 9.63 Å². The van der Waals surface area contributed by atoms with Gasteiger partial charge in [-0.25, -0.2) is 24.7 Å². The summed E-state index contributed by atoms with van der Waals surface area (Å²) in [6, 6.07) is 0.192. The number of fused-ring (bicyclic) bond motifs is 1. The van der Waals surface area contributed by atoms with E-state index in [4.69, 9.17) is 19.8 Å². The number of anilines is 2. The Morgan fingerprint density at radius 2 is 1.82 bits per heavy atom. The monoisotopic (exact) mass is 534 g/mol. The molecule has 0 radical (unpaired) electrons. The normalized spacial score (nSPS) is 25.0. The molecule has 3 atom stereocenters. The molecule has 2 unspecified atom stereocenters. The number of carbonyl (C=O) groups is 1. The van der Waals surface area contributed by atoms with Gasteiger partial charge in [-0.15, -0.1) is 5.48 Å². The van der Waals surface area contributed by atoms with Crippen molar-refractivity contribution in [3.05, 3.63) is 30.1 Å². The molecule has 3 fully saturated rings. The van der Waals surface area contributed by atoms with Gasteiger partial charge in [0.1, 0.15) is 11.8 Å². The Bertz CT molecular complexity index is 1300. The van der Waals surface area contributed by atoms with E-state index in [-0.39, 0.29) is 12.1 Å². The van der Waals surface area contributed by atoms with Crippen molar-refractivity contribution in [3.63, 3.8) is 0 Å². The van der Waals surface area contributed by atoms with Gasteiger partial charge in [-0.05, 0) is 57.3 Å². The maximum atomic E-state index is 11.7. The average Bonchev–Trinajstić information content (AvgIpc) is 3.48. The van der Waals surface area contributed by atoms with E-state index >= 15 is 0 Å². The predicted molar refractivity (Wildman–Crippen MR) is 146 cm³/mol. The number of amides is 1. The standard InChI is InChI=1S/C27H38N10O2/c1-15-7-9-18(10-8-15)13-37-21-22(30-16(2)19-5-4-6-19)32-24(25-35-27(38)39-36-25)33-23(21)34-26(37)31-17(3)20-11-28-14-29-12-20/h11-12,14-19,25,36H,4-10,13H2,1-3H3,(H,35,38)(H2,30,31,32,33,34)/t15?,16-,17?,18?,25?/m1/s1. The van der Waals surface area contributed by atoms with Gasteiger partial charge in [-0.3, -0.25) is 5.32 Å². The van der Waals surface area contributed by atoms with Crippen molar-refractivity contribution in [1.29, 1.82) is 0 Å². The van der Waals surface area contributed by atoms with Crippen molar-refractivity contribution >= 4 is 29.0 Å². The van der Waals surface area contributed by atoms with Crippen LogP contribution in [0.4, 0.5) is 16.6 Å². The van der Waals surface area contributed by atoms with Crippen LogP contribution >= 0.6 is 0 Å². The number of hydrogen-bond acceptors (Lipinski definition) is 10. The van der Waals surface area contributed by atoms with Crippen molar-refractivity contribution in [3.8, 4) is 0 Å². The van der Waals surface area contributed by atoms with Crippen molar-refractivity contribution in [1.82, 2.24) is 40.3 Å². The van der Waals surface area contributed by atoms with Crippen LogP contribution in [0.15, 0.2) is 18.7 Å². The Morgan fingerprint density at radius 1 is 1.05 bits per heavy atom. The zero-order chi connectivity index (χ0) is 26.9. The second kappa shape index (κ2) is 10.9. The quantitative estimate of drug-likeness (QED) is 0.311. The highest BCUT2D eigenvalue weighted by atomic mass is 16.7. The Labute approximate surface area is 228 Å². The van der Waals surface area contributed by atoms with Gasteiger partial charge in [0.05, 0.1) is 6.04 Å². The molecule has 1 aliphatic heterocycles. The summed E-state index contributed by atoms with van der Waals surface area (Å²) >= 11 is 0. The molecule has 6 rings (SSSR count). The molecular weight excluding hydrogens is 496 g/mol. The largest absolute Gasteiger partial charge is 0.427 e. The maximum Gasteiger partial charge on any atom is 0.427 e. The Balaban J connectivity index is 1.42. The second-order valence-electron chi connectivity index (χ2n) is 11.5. The average molecular weight is 535 g/mol. The number of carbonyl (C=O) groups excluding carboxylic acids is 1. The van der Waals surface area contributed by atoms with Gasteiger partial charge in [-0.1, -0.05) is 26.2 Å². The minimum absolute atomic E-state index is 0.0601. The molecule has 3 aromatic rings. The Hall–Kier alpha value is -3.54. The fourth-order valence-electron chi connectivity index (χ4n) is 5.83. The molecule has 3 aliphatic rings. The zero-order valence-electron chi connectivity index (χ0n) is 22.9. The van der Waals surface area contributed by atoms with Gasteiger partial charge in [0.25, 0.3) is 0 Å². The molecule has 39 heavy (non-hydrogen) atoms. The van der Waals surface area contributed by atoms with E-state index in [1.165, 1.54) is 51.3 Å². The minimum Gasteiger partial charge on any atom is -0.365 e. The first-order valence-electron chi connectivity index (χ1n) is 14.2. The van der Waals surface area contributed by atoms with Crippen LogP contribution in [0.3, 0.4) is 0 Å². The predicted octanol–water partition coefficient (Wildman–Crippen LogP) is 4.46. The first-order valence-corrected chi connectivity index (χ1v) is 14.2. The molecule has 4 N–H and O–H groups in total. The minimum atomic E-state index is -0.650. The van der Waals surface area contributed by atoms with Crippen LogP contribution in [-0.2, 0) is 11.4 Å². The van der Waals surface area contributed by atoms with Crippen LogP contribution in [0, 0.1) is 17.8 Å². The third-order valence-corrected chi connectivity index (χ3v) is 8.63. The van der Waals surface area contributed by atoms with E-state index in [2.05, 4.69) is 56.7 Å². The number of hydrogen-bond donors (Lipinski definition) is 4. The fraction of sp³-hybridized carbons (Fsp3) is 0.630. The lowest BCUT2D eigenvalue weighted by atomic mass is 9.80. The molecule has 0 aromatic carbocycles. The van der Waals surface area contributed by atoms with Crippen LogP contribution < -0.4 is 21.4 Å². The molecule has 1 amide bonds. The van der Waals surface area contributed by atoms with E-state index in [1.54, 1.807) is 0 Å². The zero-order valence-corrected chi connectivity index (χ0v) is 22.9. The fourth-order valence-corrected chi connectivity index (χ4v) is 5.83. The van der Waals surface area contributed by atoms with Gasteiger partial charge < -0.3 is 20.0 Å². The molecule has 3 aromatic heterocycles. The molecular formula is C27H38N10O2. The molecule has 4 heterocycles. The maximum absolute atomic E-state index is 11.7. The van der Waals surface area contributed by atoms with Crippen molar-refractivity contribution in [2.75, 3.05) is 10.6 Å². The Morgan fingerprint density at radius 3 is 2.49 bits per heavy atom. The van der Waals surface area contributed by atoms with Crippen LogP contribution in [0.25, 0.3) is 11.2 Å². The lowest BCUT2D eigenvalue weighted by Gasteiger charge is -2.32. The van der Waals surface area contributed by atoms with Crippen LogP contribution in [0.1, 0.15) is 89.3 Å². The van der Waals surface area contributed by atoms with Gasteiger partial charge in [-0.2, -0.15) is 4.98 Å². The van der Waals surface area contributed by atoms with E-state index in [9.17, 15) is 4.79 Å². The Kier molecular flexibility index (Phi) is 7.20. The lowest BCUT2D eigenvalue weighted by molar-refractivity contribution is 0.120. The van der Waals surface area contributed by atoms with Crippen molar-refractivity contribution in [2.24, 2.45) is 17.8 Å². The van der Waals surface area contributed by atoms with Gasteiger partial charge >= 0.3 is 6.09 Å². The topological polar surface area (TPSA) is 144 Å². The molecule has 0 bridgehead atoms. The first kappa shape index (κ1) is 25.7.